The van der Waals surface area contributed by atoms with Gasteiger partial charge in [0.2, 0.25) is 0 Å². The Bertz CT molecular complexity index is 885. The Balaban J connectivity index is 6.54. The number of hydrogen-bond donors (Lipinski definition) is 0. The number of alkyl halides is 19. The molecule has 39 heavy (non-hydrogen) atoms. The molecule has 0 aromatic heterocycles. The van der Waals surface area contributed by atoms with E-state index in [0.29, 0.717) is 6.92 Å². The lowest BCUT2D eigenvalue weighted by Gasteiger charge is -2.45. The van der Waals surface area contributed by atoms with E-state index in [2.05, 4.69) is 11.3 Å². The highest BCUT2D eigenvalue weighted by Crippen LogP contribution is 2.66. The highest BCUT2D eigenvalue weighted by atomic mass is 19.4. The molecule has 0 aliphatic heterocycles. The minimum absolute atomic E-state index is 0.285. The third-order valence-corrected chi connectivity index (χ3v) is 5.05. The Morgan fingerprint density at radius 3 is 1.31 bits per heavy atom. The van der Waals surface area contributed by atoms with Gasteiger partial charge < -0.3 is 4.74 Å². The van der Waals surface area contributed by atoms with E-state index in [1.807, 2.05) is 0 Å². The molecule has 1 unspecified atom stereocenters. The molecule has 0 bridgehead atoms. The zero-order valence-corrected chi connectivity index (χ0v) is 18.9. The molecule has 21 heteroatoms. The van der Waals surface area contributed by atoms with Crippen LogP contribution in [0.15, 0.2) is 12.2 Å². The number of carbonyl (C=O) groups excluding carboxylic acids is 1. The lowest BCUT2D eigenvalue weighted by atomic mass is 9.82. The van der Waals surface area contributed by atoms with Gasteiger partial charge in [-0.05, 0) is 19.3 Å². The van der Waals surface area contributed by atoms with Gasteiger partial charge in [-0.1, -0.05) is 13.5 Å². The highest BCUT2D eigenvalue weighted by Gasteiger charge is 2.98. The molecular formula is C18H15F19O2. The van der Waals surface area contributed by atoms with Gasteiger partial charge in [0.25, 0.3) is 0 Å². The van der Waals surface area contributed by atoms with Crippen molar-refractivity contribution in [2.24, 2.45) is 5.92 Å². The Morgan fingerprint density at radius 1 is 0.641 bits per heavy atom. The normalized spacial score (nSPS) is 16.2. The fraction of sp³-hybridized carbons (Fsp3) is 0.833. The summed E-state index contributed by atoms with van der Waals surface area (Å²) in [5.74, 6) is -53.2. The maximum atomic E-state index is 13.9. The van der Waals surface area contributed by atoms with Gasteiger partial charge in [0, 0.05) is 12.0 Å². The van der Waals surface area contributed by atoms with Crippen LogP contribution in [-0.4, -0.2) is 66.1 Å². The standard InChI is InChI=1S/C18H15F19O2/c1-7(2)9(38)39-5-4-8(3)6-10(19,20)12(22,23)14(26,27)16(30,31)15(28,29)13(24,25)11(21,17(32,33)34)18(35,36)37/h8H,1,4-6H2,2-3H3. The first-order valence-corrected chi connectivity index (χ1v) is 9.64. The van der Waals surface area contributed by atoms with Crippen LogP contribution in [0, 0.1) is 5.92 Å². The minimum Gasteiger partial charge on any atom is -0.462 e. The third kappa shape index (κ3) is 5.72. The number of rotatable bonds is 12. The molecule has 0 spiro atoms. The molecule has 0 fully saturated rings. The highest BCUT2D eigenvalue weighted by molar-refractivity contribution is 5.86. The quantitative estimate of drug-likeness (QED) is 0.125. The minimum atomic E-state index is -9.04. The molecule has 0 aromatic rings. The molecule has 2 nitrogen and oxygen atoms in total. The molecule has 0 aliphatic rings. The average Bonchev–Trinajstić information content (AvgIpc) is 2.69. The zero-order chi connectivity index (χ0) is 32.1. The molecule has 0 N–H and O–H groups in total. The van der Waals surface area contributed by atoms with Crippen LogP contribution >= 0.6 is 0 Å². The first-order valence-electron chi connectivity index (χ1n) is 9.64. The summed E-state index contributed by atoms with van der Waals surface area (Å²) in [5, 5.41) is 0. The van der Waals surface area contributed by atoms with E-state index in [9.17, 15) is 88.2 Å². The first-order chi connectivity index (χ1) is 16.7. The molecule has 0 aliphatic carbocycles. The maximum absolute atomic E-state index is 13.9. The second-order valence-electron chi connectivity index (χ2n) is 8.24. The Hall–Kier alpha value is -2.12. The van der Waals surface area contributed by atoms with E-state index in [4.69, 9.17) is 0 Å². The van der Waals surface area contributed by atoms with Crippen molar-refractivity contribution in [1.82, 2.24) is 0 Å². The average molecular weight is 624 g/mol. The fourth-order valence-electron chi connectivity index (χ4n) is 2.70. The van der Waals surface area contributed by atoms with Crippen molar-refractivity contribution >= 4 is 5.97 Å². The molecule has 0 radical (unpaired) electrons. The summed E-state index contributed by atoms with van der Waals surface area (Å²) in [4.78, 5) is 11.1. The summed E-state index contributed by atoms with van der Waals surface area (Å²) >= 11 is 0. The molecule has 1 atom stereocenters. The second-order valence-corrected chi connectivity index (χ2v) is 8.24. The summed E-state index contributed by atoms with van der Waals surface area (Å²) in [6.45, 7) is 3.69. The molecule has 0 aromatic carbocycles. The number of hydrogen-bond acceptors (Lipinski definition) is 2. The van der Waals surface area contributed by atoms with Crippen molar-refractivity contribution in [3.63, 3.8) is 0 Å². The van der Waals surface area contributed by atoms with Crippen molar-refractivity contribution in [2.75, 3.05) is 6.61 Å². The van der Waals surface area contributed by atoms with Crippen LogP contribution in [0.3, 0.4) is 0 Å². The summed E-state index contributed by atoms with van der Waals surface area (Å²) in [6.07, 6.45) is -20.2. The Labute approximate surface area is 205 Å². The van der Waals surface area contributed by atoms with E-state index in [1.165, 1.54) is 0 Å². The number of halogens is 19. The van der Waals surface area contributed by atoms with Gasteiger partial charge >= 0.3 is 59.5 Å². The number of esters is 1. The SMILES string of the molecule is C=C(C)C(=O)OCCC(C)CC(F)(F)C(F)(F)C(F)(F)C(F)(F)C(F)(F)C(F)(F)C(F)(C(F)(F)F)C(F)(F)F. The second kappa shape index (κ2) is 10.4. The van der Waals surface area contributed by atoms with E-state index >= 15 is 0 Å². The number of carbonyl (C=O) groups is 1. The van der Waals surface area contributed by atoms with Crippen LogP contribution in [-0.2, 0) is 9.53 Å². The van der Waals surface area contributed by atoms with Gasteiger partial charge in [-0.25, -0.2) is 9.18 Å². The molecular weight excluding hydrogens is 609 g/mol. The van der Waals surface area contributed by atoms with Crippen LogP contribution < -0.4 is 0 Å². The van der Waals surface area contributed by atoms with Crippen molar-refractivity contribution in [2.45, 2.75) is 80.2 Å². The van der Waals surface area contributed by atoms with Crippen LogP contribution in [0.1, 0.15) is 26.7 Å². The van der Waals surface area contributed by atoms with Crippen molar-refractivity contribution in [3.8, 4) is 0 Å². The van der Waals surface area contributed by atoms with Crippen molar-refractivity contribution in [1.29, 1.82) is 0 Å². The van der Waals surface area contributed by atoms with E-state index in [-0.39, 0.29) is 5.57 Å². The maximum Gasteiger partial charge on any atom is 0.438 e. The Morgan fingerprint density at radius 2 is 0.974 bits per heavy atom. The summed E-state index contributed by atoms with van der Waals surface area (Å²) in [7, 11) is 0. The topological polar surface area (TPSA) is 26.3 Å². The van der Waals surface area contributed by atoms with Gasteiger partial charge in [-0.15, -0.1) is 0 Å². The van der Waals surface area contributed by atoms with Crippen molar-refractivity contribution in [3.05, 3.63) is 12.2 Å². The molecule has 0 saturated carbocycles. The molecule has 0 saturated heterocycles. The van der Waals surface area contributed by atoms with Gasteiger partial charge in [-0.2, -0.15) is 79.0 Å². The van der Waals surface area contributed by atoms with Gasteiger partial charge in [0.15, 0.2) is 0 Å². The van der Waals surface area contributed by atoms with Crippen LogP contribution in [0.2, 0.25) is 0 Å². The van der Waals surface area contributed by atoms with Gasteiger partial charge in [0.1, 0.15) is 0 Å². The smallest absolute Gasteiger partial charge is 0.438 e. The summed E-state index contributed by atoms with van der Waals surface area (Å²) in [5.41, 5.74) is -9.05. The van der Waals surface area contributed by atoms with Crippen LogP contribution in [0.5, 0.6) is 0 Å². The largest absolute Gasteiger partial charge is 0.462 e. The van der Waals surface area contributed by atoms with E-state index in [0.717, 1.165) is 6.92 Å². The molecule has 0 rings (SSSR count). The third-order valence-electron chi connectivity index (χ3n) is 5.05. The van der Waals surface area contributed by atoms with Crippen LogP contribution in [0.4, 0.5) is 83.4 Å². The first kappa shape index (κ1) is 36.9. The molecule has 232 valence electrons. The lowest BCUT2D eigenvalue weighted by molar-refractivity contribution is -0.472. The predicted octanol–water partition coefficient (Wildman–Crippen LogP) is 8.17. The molecule has 0 heterocycles. The summed E-state index contributed by atoms with van der Waals surface area (Å²) < 4.78 is 258. The molecule has 0 amide bonds. The lowest BCUT2D eigenvalue weighted by Crippen LogP contribution is -2.77. The number of ether oxygens (including phenoxy) is 1. The zero-order valence-electron chi connectivity index (χ0n) is 18.9. The van der Waals surface area contributed by atoms with Crippen LogP contribution in [0.25, 0.3) is 0 Å². The van der Waals surface area contributed by atoms with Crippen molar-refractivity contribution < 1.29 is 92.9 Å². The summed E-state index contributed by atoms with van der Waals surface area (Å²) in [6, 6.07) is 0. The van der Waals surface area contributed by atoms with Gasteiger partial charge in [0.05, 0.1) is 6.61 Å². The Kier molecular flexibility index (Phi) is 9.81. The van der Waals surface area contributed by atoms with Gasteiger partial charge in [-0.3, -0.25) is 0 Å². The monoisotopic (exact) mass is 624 g/mol. The van der Waals surface area contributed by atoms with E-state index < -0.39 is 84.9 Å². The predicted molar refractivity (Wildman–Crippen MR) is 89.8 cm³/mol. The van der Waals surface area contributed by atoms with E-state index in [1.54, 1.807) is 0 Å². The fourth-order valence-corrected chi connectivity index (χ4v) is 2.70.